The van der Waals surface area contributed by atoms with Crippen LogP contribution in [-0.4, -0.2) is 11.5 Å². The van der Waals surface area contributed by atoms with Crippen LogP contribution in [0.3, 0.4) is 0 Å². The van der Waals surface area contributed by atoms with Crippen molar-refractivity contribution in [3.05, 3.63) is 51.5 Å². The maximum absolute atomic E-state index is 4.83. The number of benzene rings is 1. The van der Waals surface area contributed by atoms with Crippen molar-refractivity contribution in [3.63, 3.8) is 0 Å². The fourth-order valence-corrected chi connectivity index (χ4v) is 4.56. The fourth-order valence-electron chi connectivity index (χ4n) is 3.55. The quantitative estimate of drug-likeness (QED) is 0.910. The first-order chi connectivity index (χ1) is 9.99. The highest BCUT2D eigenvalue weighted by molar-refractivity contribution is 7.09. The lowest BCUT2D eigenvalue weighted by atomic mass is 9.65. The average molecular weight is 300 g/mol. The number of rotatable bonds is 3. The summed E-state index contributed by atoms with van der Waals surface area (Å²) in [6.45, 7) is 9.93. The lowest BCUT2D eigenvalue weighted by molar-refractivity contribution is 0.288. The molecule has 2 nitrogen and oxygen atoms in total. The Bertz CT molecular complexity index is 644. The smallest absolute Gasteiger partial charge is 0.118 e. The van der Waals surface area contributed by atoms with Crippen molar-refractivity contribution < 1.29 is 0 Å². The molecule has 0 fully saturated rings. The molecule has 0 amide bonds. The third-order valence-corrected chi connectivity index (χ3v) is 5.83. The maximum atomic E-state index is 4.83. The number of aryl methyl sites for hydroxylation is 1. The Labute approximate surface area is 131 Å². The van der Waals surface area contributed by atoms with Gasteiger partial charge in [0.25, 0.3) is 0 Å². The van der Waals surface area contributed by atoms with Gasteiger partial charge in [-0.2, -0.15) is 0 Å². The van der Waals surface area contributed by atoms with Crippen LogP contribution in [0.1, 0.15) is 55.4 Å². The van der Waals surface area contributed by atoms with Gasteiger partial charge < -0.3 is 5.32 Å². The van der Waals surface area contributed by atoms with Crippen molar-refractivity contribution in [1.82, 2.24) is 10.3 Å². The number of nitrogens with one attached hydrogen (secondary N) is 1. The molecule has 1 atom stereocenters. The molecule has 1 aromatic heterocycles. The minimum absolute atomic E-state index is 0.111. The Morgan fingerprint density at radius 3 is 2.52 bits per heavy atom. The Balaban J connectivity index is 2.22. The van der Waals surface area contributed by atoms with Crippen LogP contribution in [0.4, 0.5) is 0 Å². The van der Waals surface area contributed by atoms with E-state index < -0.39 is 0 Å². The Morgan fingerprint density at radius 1 is 1.19 bits per heavy atom. The zero-order valence-electron chi connectivity index (χ0n) is 13.4. The van der Waals surface area contributed by atoms with Gasteiger partial charge in [-0.25, -0.2) is 4.98 Å². The van der Waals surface area contributed by atoms with Gasteiger partial charge in [0.1, 0.15) is 5.01 Å². The minimum Gasteiger partial charge on any atom is -0.302 e. The van der Waals surface area contributed by atoms with Crippen LogP contribution in [-0.2, 0) is 11.0 Å². The van der Waals surface area contributed by atoms with Gasteiger partial charge >= 0.3 is 0 Å². The summed E-state index contributed by atoms with van der Waals surface area (Å²) in [6.07, 6.45) is 2.29. The molecule has 0 spiro atoms. The van der Waals surface area contributed by atoms with E-state index in [9.17, 15) is 0 Å². The summed E-state index contributed by atoms with van der Waals surface area (Å²) in [5.74, 6) is 0. The van der Waals surface area contributed by atoms with Crippen LogP contribution in [0.15, 0.2) is 29.6 Å². The topological polar surface area (TPSA) is 24.9 Å². The summed E-state index contributed by atoms with van der Waals surface area (Å²) in [4.78, 5) is 4.83. The van der Waals surface area contributed by atoms with E-state index in [-0.39, 0.29) is 11.0 Å². The Morgan fingerprint density at radius 2 is 1.90 bits per heavy atom. The molecule has 21 heavy (non-hydrogen) atoms. The predicted octanol–water partition coefficient (Wildman–Crippen LogP) is 4.38. The number of thiazole rings is 1. The molecular weight excluding hydrogens is 276 g/mol. The molecule has 1 aromatic carbocycles. The first-order valence-electron chi connectivity index (χ1n) is 7.77. The summed E-state index contributed by atoms with van der Waals surface area (Å²) >= 11 is 1.78. The molecule has 3 rings (SSSR count). The molecule has 112 valence electrons. The molecule has 1 unspecified atom stereocenters. The van der Waals surface area contributed by atoms with Crippen molar-refractivity contribution in [1.29, 1.82) is 0 Å². The van der Waals surface area contributed by atoms with Gasteiger partial charge in [0.2, 0.25) is 0 Å². The molecule has 1 aliphatic rings. The molecular formula is C18H24N2S. The molecule has 1 N–H and O–H groups in total. The SMILES string of the molecule is CCNC1(c2nc(C)cs2)CCC(C)(C)c2ccccc21. The van der Waals surface area contributed by atoms with E-state index in [1.807, 2.05) is 0 Å². The van der Waals surface area contributed by atoms with Crippen LogP contribution in [0, 0.1) is 6.92 Å². The zero-order chi connectivity index (χ0) is 15.1. The number of aromatic nitrogens is 1. The van der Waals surface area contributed by atoms with Crippen molar-refractivity contribution in [3.8, 4) is 0 Å². The monoisotopic (exact) mass is 300 g/mol. The van der Waals surface area contributed by atoms with Crippen molar-refractivity contribution >= 4 is 11.3 Å². The number of hydrogen-bond acceptors (Lipinski definition) is 3. The van der Waals surface area contributed by atoms with Gasteiger partial charge in [-0.3, -0.25) is 0 Å². The van der Waals surface area contributed by atoms with E-state index in [4.69, 9.17) is 4.98 Å². The first-order valence-corrected chi connectivity index (χ1v) is 8.65. The summed E-state index contributed by atoms with van der Waals surface area (Å²) in [7, 11) is 0. The molecule has 3 heteroatoms. The highest BCUT2D eigenvalue weighted by atomic mass is 32.1. The number of nitrogens with zero attached hydrogens (tertiary/aromatic N) is 1. The van der Waals surface area contributed by atoms with Gasteiger partial charge in [-0.05, 0) is 42.9 Å². The lowest BCUT2D eigenvalue weighted by Gasteiger charge is -2.45. The van der Waals surface area contributed by atoms with Gasteiger partial charge in [-0.1, -0.05) is 45.0 Å². The van der Waals surface area contributed by atoms with Crippen LogP contribution in [0.5, 0.6) is 0 Å². The van der Waals surface area contributed by atoms with Crippen molar-refractivity contribution in [2.75, 3.05) is 6.54 Å². The standard InChI is InChI=1S/C18H24N2S/c1-5-19-18(16-20-13(2)12-21-16)11-10-17(3,4)14-8-6-7-9-15(14)18/h6-9,12,19H,5,10-11H2,1-4H3. The first kappa shape index (κ1) is 14.7. The molecule has 1 heterocycles. The summed E-state index contributed by atoms with van der Waals surface area (Å²) < 4.78 is 0. The van der Waals surface area contributed by atoms with Crippen LogP contribution < -0.4 is 5.32 Å². The molecule has 0 radical (unpaired) electrons. The Hall–Kier alpha value is -1.19. The van der Waals surface area contributed by atoms with E-state index in [2.05, 4.69) is 62.7 Å². The molecule has 1 aliphatic carbocycles. The third-order valence-electron chi connectivity index (χ3n) is 4.70. The van der Waals surface area contributed by atoms with Gasteiger partial charge in [0, 0.05) is 11.1 Å². The predicted molar refractivity (Wildman–Crippen MR) is 90.0 cm³/mol. The minimum atomic E-state index is -0.111. The van der Waals surface area contributed by atoms with E-state index in [1.165, 1.54) is 22.6 Å². The second-order valence-electron chi connectivity index (χ2n) is 6.66. The molecule has 0 saturated heterocycles. The second kappa shape index (κ2) is 5.22. The summed E-state index contributed by atoms with van der Waals surface area (Å²) in [6, 6.07) is 8.90. The second-order valence-corrected chi connectivity index (χ2v) is 7.52. The van der Waals surface area contributed by atoms with E-state index >= 15 is 0 Å². The van der Waals surface area contributed by atoms with Crippen LogP contribution in [0.2, 0.25) is 0 Å². The van der Waals surface area contributed by atoms with E-state index in [0.717, 1.165) is 18.7 Å². The Kier molecular flexibility index (Phi) is 3.66. The molecule has 0 bridgehead atoms. The number of fused-ring (bicyclic) bond motifs is 1. The molecule has 2 aromatic rings. The van der Waals surface area contributed by atoms with Gasteiger partial charge in [0.15, 0.2) is 0 Å². The lowest BCUT2D eigenvalue weighted by Crippen LogP contribution is -2.48. The average Bonchev–Trinajstić information content (AvgIpc) is 2.90. The van der Waals surface area contributed by atoms with Gasteiger partial charge in [-0.15, -0.1) is 11.3 Å². The fraction of sp³-hybridized carbons (Fsp3) is 0.500. The zero-order valence-corrected chi connectivity index (χ0v) is 14.2. The maximum Gasteiger partial charge on any atom is 0.118 e. The third kappa shape index (κ3) is 2.33. The van der Waals surface area contributed by atoms with Crippen LogP contribution in [0.25, 0.3) is 0 Å². The highest BCUT2D eigenvalue weighted by Crippen LogP contribution is 2.48. The van der Waals surface area contributed by atoms with Crippen molar-refractivity contribution in [2.24, 2.45) is 0 Å². The van der Waals surface area contributed by atoms with E-state index in [0.29, 0.717) is 0 Å². The number of hydrogen-bond donors (Lipinski definition) is 1. The van der Waals surface area contributed by atoms with Crippen molar-refractivity contribution in [2.45, 2.75) is 51.5 Å². The summed E-state index contributed by atoms with van der Waals surface area (Å²) in [5.41, 5.74) is 4.12. The molecule has 0 saturated carbocycles. The summed E-state index contributed by atoms with van der Waals surface area (Å²) in [5, 5.41) is 7.15. The van der Waals surface area contributed by atoms with Crippen LogP contribution >= 0.6 is 11.3 Å². The normalized spacial score (nSPS) is 23.8. The van der Waals surface area contributed by atoms with E-state index in [1.54, 1.807) is 11.3 Å². The van der Waals surface area contributed by atoms with Gasteiger partial charge in [0.05, 0.1) is 5.54 Å². The largest absolute Gasteiger partial charge is 0.302 e. The highest BCUT2D eigenvalue weighted by Gasteiger charge is 2.45. The molecule has 0 aliphatic heterocycles.